The number of anilines is 2. The number of unbranched alkanes of at least 4 members (excludes halogenated alkanes) is 1. The monoisotopic (exact) mass is 880 g/mol. The van der Waals surface area contributed by atoms with Crippen molar-refractivity contribution in [2.45, 2.75) is 77.4 Å². The summed E-state index contributed by atoms with van der Waals surface area (Å²) in [6.45, 7) is 7.63. The van der Waals surface area contributed by atoms with E-state index in [9.17, 15) is 24.0 Å². The molecule has 0 spiro atoms. The van der Waals surface area contributed by atoms with E-state index < -0.39 is 11.6 Å². The van der Waals surface area contributed by atoms with Crippen LogP contribution in [0.4, 0.5) is 11.4 Å². The molecule has 5 amide bonds. The maximum absolute atomic E-state index is 13.0. The minimum Gasteiger partial charge on any atom is -0.493 e. The minimum absolute atomic E-state index is 0.108. The number of fused-ring (bicyclic) bond motifs is 4. The van der Waals surface area contributed by atoms with E-state index in [0.29, 0.717) is 43.1 Å². The molecule has 1 saturated heterocycles. The molecule has 0 saturated carbocycles. The quantitative estimate of drug-likeness (QED) is 0.0607. The van der Waals surface area contributed by atoms with Crippen molar-refractivity contribution in [1.29, 1.82) is 0 Å². The fourth-order valence-corrected chi connectivity index (χ4v) is 8.23. The summed E-state index contributed by atoms with van der Waals surface area (Å²) in [6, 6.07) is 30.4. The second-order valence-electron chi connectivity index (χ2n) is 16.9. The number of pyridine rings is 1. The summed E-state index contributed by atoms with van der Waals surface area (Å²) in [7, 11) is 3.20. The van der Waals surface area contributed by atoms with E-state index in [4.69, 9.17) is 19.2 Å². The first-order valence-electron chi connectivity index (χ1n) is 22.0. The molecule has 65 heavy (non-hydrogen) atoms. The Morgan fingerprint density at radius 2 is 1.65 bits per heavy atom. The predicted molar refractivity (Wildman–Crippen MR) is 250 cm³/mol. The second-order valence-corrected chi connectivity index (χ2v) is 16.9. The molecule has 0 aliphatic carbocycles. The molecule has 4 N–H and O–H groups in total. The van der Waals surface area contributed by atoms with Gasteiger partial charge < -0.3 is 35.1 Å². The van der Waals surface area contributed by atoms with Crippen molar-refractivity contribution in [2.75, 3.05) is 44.6 Å². The third-order valence-electron chi connectivity index (χ3n) is 11.6. The van der Waals surface area contributed by atoms with Gasteiger partial charge in [-0.2, -0.15) is 0 Å². The van der Waals surface area contributed by atoms with E-state index in [1.165, 1.54) is 0 Å². The van der Waals surface area contributed by atoms with Crippen LogP contribution in [0.2, 0.25) is 0 Å². The van der Waals surface area contributed by atoms with E-state index in [2.05, 4.69) is 28.2 Å². The number of carbonyl (C=O) groups excluding carboxylic acids is 5. The molecular formula is C51H56N6O8. The lowest BCUT2D eigenvalue weighted by Gasteiger charge is -2.29. The lowest BCUT2D eigenvalue weighted by Crippen LogP contribution is -2.52. The van der Waals surface area contributed by atoms with Crippen LogP contribution in [0.3, 0.4) is 0 Å². The summed E-state index contributed by atoms with van der Waals surface area (Å²) < 4.78 is 16.7. The van der Waals surface area contributed by atoms with Gasteiger partial charge in [0.1, 0.15) is 6.04 Å². The van der Waals surface area contributed by atoms with Crippen LogP contribution in [0.1, 0.15) is 74.4 Å². The van der Waals surface area contributed by atoms with Crippen LogP contribution < -0.4 is 30.7 Å². The zero-order valence-corrected chi connectivity index (χ0v) is 37.5. The summed E-state index contributed by atoms with van der Waals surface area (Å²) >= 11 is 0. The van der Waals surface area contributed by atoms with Gasteiger partial charge in [-0.25, -0.2) is 4.98 Å². The summed E-state index contributed by atoms with van der Waals surface area (Å²) in [5, 5.41) is 11.6. The van der Waals surface area contributed by atoms with Crippen LogP contribution in [0.15, 0.2) is 97.1 Å². The normalized spacial score (nSPS) is 15.3. The van der Waals surface area contributed by atoms with Crippen molar-refractivity contribution < 1.29 is 38.2 Å². The Bertz CT molecular complexity index is 2580. The SMILES string of the molecule is CCCCNc1cccc2c1C(=O)N(C1CCC(=O)NC1=O)C2.COCCC(C)(C)NC(=O)COc1ccc(-c2cc(-c3ccccc3)nc3c2CC(=O)Nc2ccccc2-3)cc1OC. The Morgan fingerprint density at radius 3 is 2.40 bits per heavy atom. The summed E-state index contributed by atoms with van der Waals surface area (Å²) in [4.78, 5) is 68.4. The molecule has 8 rings (SSSR count). The number of methoxy groups -OCH3 is 2. The maximum Gasteiger partial charge on any atom is 0.258 e. The number of para-hydroxylation sites is 1. The summed E-state index contributed by atoms with van der Waals surface area (Å²) in [5.74, 6) is -0.196. The lowest BCUT2D eigenvalue weighted by atomic mass is 9.92. The number of amides is 5. The molecule has 1 aromatic heterocycles. The number of hydrogen-bond acceptors (Lipinski definition) is 10. The number of aromatic nitrogens is 1. The number of carbonyl (C=O) groups is 5. The second kappa shape index (κ2) is 20.6. The third-order valence-corrected chi connectivity index (χ3v) is 11.6. The zero-order chi connectivity index (χ0) is 46.1. The van der Waals surface area contributed by atoms with Gasteiger partial charge in [-0.1, -0.05) is 80.1 Å². The molecule has 14 heteroatoms. The van der Waals surface area contributed by atoms with Crippen LogP contribution in [0.25, 0.3) is 33.6 Å². The lowest BCUT2D eigenvalue weighted by molar-refractivity contribution is -0.137. The first-order chi connectivity index (χ1) is 31.4. The Labute approximate surface area is 379 Å². The molecule has 5 aromatic rings. The highest BCUT2D eigenvalue weighted by Gasteiger charge is 2.40. The Balaban J connectivity index is 0.000000230. The molecule has 3 aliphatic rings. The molecule has 4 aromatic carbocycles. The summed E-state index contributed by atoms with van der Waals surface area (Å²) in [5.41, 5.74) is 8.64. The first kappa shape index (κ1) is 45.9. The van der Waals surface area contributed by atoms with E-state index in [1.54, 1.807) is 25.2 Å². The molecule has 1 fully saturated rings. The number of rotatable bonds is 15. The molecule has 1 atom stereocenters. The first-order valence-corrected chi connectivity index (χ1v) is 22.0. The molecular weight excluding hydrogens is 825 g/mol. The van der Waals surface area contributed by atoms with Crippen LogP contribution >= 0.6 is 0 Å². The molecule has 3 aliphatic heterocycles. The number of ether oxygens (including phenoxy) is 3. The van der Waals surface area contributed by atoms with Gasteiger partial charge in [0.15, 0.2) is 18.1 Å². The van der Waals surface area contributed by atoms with Crippen molar-refractivity contribution in [3.05, 3.63) is 114 Å². The van der Waals surface area contributed by atoms with Crippen molar-refractivity contribution in [3.8, 4) is 45.1 Å². The van der Waals surface area contributed by atoms with Gasteiger partial charge in [0.2, 0.25) is 17.7 Å². The van der Waals surface area contributed by atoms with E-state index in [-0.39, 0.29) is 49.0 Å². The van der Waals surface area contributed by atoms with Gasteiger partial charge in [0.05, 0.1) is 36.2 Å². The molecule has 0 radical (unpaired) electrons. The Morgan fingerprint density at radius 1 is 0.862 bits per heavy atom. The van der Waals surface area contributed by atoms with Gasteiger partial charge in [0, 0.05) is 55.6 Å². The molecule has 1 unspecified atom stereocenters. The maximum atomic E-state index is 13.0. The zero-order valence-electron chi connectivity index (χ0n) is 37.5. The predicted octanol–water partition coefficient (Wildman–Crippen LogP) is 7.56. The van der Waals surface area contributed by atoms with Crippen LogP contribution in [-0.4, -0.2) is 85.0 Å². The highest BCUT2D eigenvalue weighted by molar-refractivity contribution is 6.08. The van der Waals surface area contributed by atoms with Crippen molar-refractivity contribution in [1.82, 2.24) is 20.5 Å². The topological polar surface area (TPSA) is 177 Å². The average molecular weight is 881 g/mol. The smallest absolute Gasteiger partial charge is 0.258 e. The standard InChI is InChI=1S/C34H35N3O5.C17H21N3O3/c1-34(2,16-17-40-3)37-32(39)21-42-29-15-14-23(18-30(29)41-4)25-19-28(22-10-6-5-7-11-22)36-33-24-12-8-9-13-27(24)35-31(38)20-26(25)33;1-2-3-9-18-12-6-4-5-11-10-20(17(23)15(11)12)13-7-8-14(21)19-16(13)22/h5-15,18-19H,16-17,20-21H2,1-4H3,(H,35,38)(H,37,39);4-6,13,18H,2-3,7-10H2,1H3,(H,19,21,22). The Kier molecular flexibility index (Phi) is 14.6. The van der Waals surface area contributed by atoms with Crippen molar-refractivity contribution >= 4 is 40.9 Å². The van der Waals surface area contributed by atoms with Gasteiger partial charge in [-0.3, -0.25) is 29.3 Å². The fraction of sp³-hybridized carbons (Fsp3) is 0.333. The average Bonchev–Trinajstić information content (AvgIpc) is 3.56. The number of imide groups is 1. The van der Waals surface area contributed by atoms with Crippen molar-refractivity contribution in [3.63, 3.8) is 0 Å². The molecule has 14 nitrogen and oxygen atoms in total. The van der Waals surface area contributed by atoms with Gasteiger partial charge in [-0.05, 0) is 85.7 Å². The fourth-order valence-electron chi connectivity index (χ4n) is 8.23. The number of hydrogen-bond donors (Lipinski definition) is 4. The van der Waals surface area contributed by atoms with Gasteiger partial charge >= 0.3 is 0 Å². The van der Waals surface area contributed by atoms with Crippen LogP contribution in [-0.2, 0) is 36.9 Å². The van der Waals surface area contributed by atoms with Crippen LogP contribution in [0, 0.1) is 0 Å². The summed E-state index contributed by atoms with van der Waals surface area (Å²) in [6.07, 6.45) is 3.63. The Hall–Kier alpha value is -7.06. The van der Waals surface area contributed by atoms with Gasteiger partial charge in [0.25, 0.3) is 11.8 Å². The number of piperidine rings is 1. The largest absolute Gasteiger partial charge is 0.493 e. The molecule has 4 heterocycles. The van der Waals surface area contributed by atoms with E-state index in [1.807, 2.05) is 105 Å². The third kappa shape index (κ3) is 10.8. The van der Waals surface area contributed by atoms with Crippen LogP contribution in [0.5, 0.6) is 11.5 Å². The van der Waals surface area contributed by atoms with E-state index >= 15 is 0 Å². The number of benzene rings is 4. The van der Waals surface area contributed by atoms with Gasteiger partial charge in [-0.15, -0.1) is 0 Å². The van der Waals surface area contributed by atoms with Crippen molar-refractivity contribution in [2.24, 2.45) is 0 Å². The molecule has 0 bridgehead atoms. The number of nitrogens with one attached hydrogen (secondary N) is 4. The molecule has 338 valence electrons. The highest BCUT2D eigenvalue weighted by Crippen LogP contribution is 2.42. The minimum atomic E-state index is -0.559. The number of nitrogens with zero attached hydrogens (tertiary/aromatic N) is 2. The van der Waals surface area contributed by atoms with E-state index in [0.717, 1.165) is 75.5 Å². The highest BCUT2D eigenvalue weighted by atomic mass is 16.5.